The molecule has 0 saturated carbocycles. The van der Waals surface area contributed by atoms with E-state index in [0.717, 1.165) is 49.8 Å². The lowest BCUT2D eigenvalue weighted by Gasteiger charge is -2.34. The standard InChI is InChI=1S/C15H23N3O3/c1-20-13-7-12(8-14(9-13)21-2)11-17-3-5-18(6-4-17)15(19)10-16/h7-9H,3-6,10-11,16H2,1-2H3. The summed E-state index contributed by atoms with van der Waals surface area (Å²) >= 11 is 0. The second-order valence-electron chi connectivity index (χ2n) is 5.08. The summed E-state index contributed by atoms with van der Waals surface area (Å²) in [6.45, 7) is 4.08. The van der Waals surface area contributed by atoms with Crippen molar-refractivity contribution in [1.29, 1.82) is 0 Å². The minimum absolute atomic E-state index is 0.0256. The summed E-state index contributed by atoms with van der Waals surface area (Å²) in [5.41, 5.74) is 6.54. The molecule has 1 aliphatic rings. The van der Waals surface area contributed by atoms with Gasteiger partial charge in [-0.1, -0.05) is 0 Å². The number of ether oxygens (including phenoxy) is 2. The molecule has 1 aromatic carbocycles. The Balaban J connectivity index is 1.95. The minimum Gasteiger partial charge on any atom is -0.497 e. The molecule has 6 heteroatoms. The molecule has 1 aliphatic heterocycles. The van der Waals surface area contributed by atoms with Crippen molar-refractivity contribution in [3.05, 3.63) is 23.8 Å². The van der Waals surface area contributed by atoms with Crippen LogP contribution < -0.4 is 15.2 Å². The SMILES string of the molecule is COc1cc(CN2CCN(C(=O)CN)CC2)cc(OC)c1. The molecule has 6 nitrogen and oxygen atoms in total. The predicted molar refractivity (Wildman–Crippen MR) is 80.5 cm³/mol. The molecule has 2 rings (SSSR count). The first-order valence-corrected chi connectivity index (χ1v) is 7.08. The van der Waals surface area contributed by atoms with Crippen LogP contribution in [0.15, 0.2) is 18.2 Å². The topological polar surface area (TPSA) is 68.0 Å². The molecule has 0 aliphatic carbocycles. The summed E-state index contributed by atoms with van der Waals surface area (Å²) < 4.78 is 10.6. The fraction of sp³-hybridized carbons (Fsp3) is 0.533. The number of hydrogen-bond donors (Lipinski definition) is 1. The van der Waals surface area contributed by atoms with Crippen molar-refractivity contribution in [3.8, 4) is 11.5 Å². The zero-order valence-corrected chi connectivity index (χ0v) is 12.7. The van der Waals surface area contributed by atoms with Gasteiger partial charge in [-0.15, -0.1) is 0 Å². The number of nitrogens with zero attached hydrogens (tertiary/aromatic N) is 2. The molecule has 1 amide bonds. The van der Waals surface area contributed by atoms with Crippen LogP contribution in [0.2, 0.25) is 0 Å². The van der Waals surface area contributed by atoms with Gasteiger partial charge in [0.25, 0.3) is 0 Å². The Morgan fingerprint density at radius 2 is 1.67 bits per heavy atom. The normalized spacial score (nSPS) is 15.9. The van der Waals surface area contributed by atoms with Crippen molar-refractivity contribution in [2.45, 2.75) is 6.54 Å². The average Bonchev–Trinajstić information content (AvgIpc) is 2.54. The van der Waals surface area contributed by atoms with E-state index in [2.05, 4.69) is 4.90 Å². The molecule has 2 N–H and O–H groups in total. The highest BCUT2D eigenvalue weighted by molar-refractivity contribution is 5.78. The largest absolute Gasteiger partial charge is 0.497 e. The van der Waals surface area contributed by atoms with E-state index in [1.54, 1.807) is 14.2 Å². The highest BCUT2D eigenvalue weighted by Gasteiger charge is 2.20. The number of rotatable bonds is 5. The molecule has 116 valence electrons. The number of carbonyl (C=O) groups is 1. The summed E-state index contributed by atoms with van der Waals surface area (Å²) in [6, 6.07) is 5.89. The summed E-state index contributed by atoms with van der Waals surface area (Å²) in [5, 5.41) is 0. The molecule has 1 aromatic rings. The van der Waals surface area contributed by atoms with Gasteiger partial charge in [-0.3, -0.25) is 9.69 Å². The molecule has 0 atom stereocenters. The van der Waals surface area contributed by atoms with Crippen molar-refractivity contribution in [1.82, 2.24) is 9.80 Å². The van der Waals surface area contributed by atoms with Crippen LogP contribution in [0.4, 0.5) is 0 Å². The number of methoxy groups -OCH3 is 2. The molecule has 1 saturated heterocycles. The molecular weight excluding hydrogens is 270 g/mol. The summed E-state index contributed by atoms with van der Waals surface area (Å²) in [6.07, 6.45) is 0. The van der Waals surface area contributed by atoms with E-state index >= 15 is 0 Å². The predicted octanol–water partition coefficient (Wildman–Crippen LogP) is 0.307. The number of benzene rings is 1. The van der Waals surface area contributed by atoms with Gasteiger partial charge in [0.05, 0.1) is 20.8 Å². The molecule has 0 radical (unpaired) electrons. The van der Waals surface area contributed by atoms with Crippen LogP contribution in [-0.4, -0.2) is 62.7 Å². The van der Waals surface area contributed by atoms with Crippen molar-refractivity contribution >= 4 is 5.91 Å². The second-order valence-corrected chi connectivity index (χ2v) is 5.08. The Hall–Kier alpha value is -1.79. The van der Waals surface area contributed by atoms with Crippen LogP contribution in [-0.2, 0) is 11.3 Å². The third-order valence-electron chi connectivity index (χ3n) is 3.72. The summed E-state index contributed by atoms with van der Waals surface area (Å²) in [5.74, 6) is 1.61. The van der Waals surface area contributed by atoms with Gasteiger partial charge in [-0.05, 0) is 17.7 Å². The molecule has 1 heterocycles. The Bertz CT molecular complexity index is 463. The first-order chi connectivity index (χ1) is 10.2. The highest BCUT2D eigenvalue weighted by Crippen LogP contribution is 2.23. The Labute approximate surface area is 125 Å². The molecule has 0 spiro atoms. The quantitative estimate of drug-likeness (QED) is 0.846. The van der Waals surface area contributed by atoms with E-state index in [9.17, 15) is 4.79 Å². The van der Waals surface area contributed by atoms with E-state index in [4.69, 9.17) is 15.2 Å². The van der Waals surface area contributed by atoms with Crippen LogP contribution in [0.1, 0.15) is 5.56 Å². The Morgan fingerprint density at radius 3 is 2.14 bits per heavy atom. The molecule has 0 unspecified atom stereocenters. The Kier molecular flexibility index (Phi) is 5.41. The fourth-order valence-corrected chi connectivity index (χ4v) is 2.50. The van der Waals surface area contributed by atoms with Gasteiger partial charge < -0.3 is 20.1 Å². The van der Waals surface area contributed by atoms with Crippen LogP contribution in [0.5, 0.6) is 11.5 Å². The highest BCUT2D eigenvalue weighted by atomic mass is 16.5. The number of amides is 1. The van der Waals surface area contributed by atoms with E-state index in [1.165, 1.54) is 0 Å². The smallest absolute Gasteiger partial charge is 0.236 e. The molecule has 1 fully saturated rings. The lowest BCUT2D eigenvalue weighted by atomic mass is 10.1. The van der Waals surface area contributed by atoms with E-state index in [0.29, 0.717) is 0 Å². The lowest BCUT2D eigenvalue weighted by Crippen LogP contribution is -2.49. The number of piperazine rings is 1. The molecular formula is C15H23N3O3. The Morgan fingerprint density at radius 1 is 1.10 bits per heavy atom. The van der Waals surface area contributed by atoms with Crippen molar-refractivity contribution in [2.75, 3.05) is 46.9 Å². The van der Waals surface area contributed by atoms with Crippen molar-refractivity contribution in [2.24, 2.45) is 5.73 Å². The van der Waals surface area contributed by atoms with Crippen LogP contribution in [0.3, 0.4) is 0 Å². The zero-order valence-electron chi connectivity index (χ0n) is 12.7. The van der Waals surface area contributed by atoms with E-state index in [1.807, 2.05) is 23.1 Å². The second kappa shape index (κ2) is 7.28. The van der Waals surface area contributed by atoms with Gasteiger partial charge in [0.1, 0.15) is 11.5 Å². The van der Waals surface area contributed by atoms with Crippen LogP contribution in [0.25, 0.3) is 0 Å². The number of carbonyl (C=O) groups excluding carboxylic acids is 1. The van der Waals surface area contributed by atoms with Gasteiger partial charge in [0, 0.05) is 38.8 Å². The minimum atomic E-state index is 0.0256. The van der Waals surface area contributed by atoms with Gasteiger partial charge in [0.2, 0.25) is 5.91 Å². The third-order valence-corrected chi connectivity index (χ3v) is 3.72. The van der Waals surface area contributed by atoms with E-state index < -0.39 is 0 Å². The van der Waals surface area contributed by atoms with Crippen molar-refractivity contribution < 1.29 is 14.3 Å². The lowest BCUT2D eigenvalue weighted by molar-refractivity contribution is -0.131. The maximum absolute atomic E-state index is 11.5. The van der Waals surface area contributed by atoms with Gasteiger partial charge in [-0.2, -0.15) is 0 Å². The van der Waals surface area contributed by atoms with Crippen LogP contribution >= 0.6 is 0 Å². The maximum atomic E-state index is 11.5. The number of hydrogen-bond acceptors (Lipinski definition) is 5. The van der Waals surface area contributed by atoms with Gasteiger partial charge in [-0.25, -0.2) is 0 Å². The van der Waals surface area contributed by atoms with Gasteiger partial charge in [0.15, 0.2) is 0 Å². The van der Waals surface area contributed by atoms with Crippen LogP contribution in [0, 0.1) is 0 Å². The molecule has 0 bridgehead atoms. The zero-order chi connectivity index (χ0) is 15.2. The van der Waals surface area contributed by atoms with Crippen molar-refractivity contribution in [3.63, 3.8) is 0 Å². The van der Waals surface area contributed by atoms with E-state index in [-0.39, 0.29) is 12.5 Å². The summed E-state index contributed by atoms with van der Waals surface area (Å²) in [7, 11) is 3.30. The number of nitrogens with two attached hydrogens (primary N) is 1. The maximum Gasteiger partial charge on any atom is 0.236 e. The third kappa shape index (κ3) is 4.09. The average molecular weight is 293 g/mol. The molecule has 21 heavy (non-hydrogen) atoms. The monoisotopic (exact) mass is 293 g/mol. The molecule has 0 aromatic heterocycles. The summed E-state index contributed by atoms with van der Waals surface area (Å²) in [4.78, 5) is 15.7. The first-order valence-electron chi connectivity index (χ1n) is 7.08. The first kappa shape index (κ1) is 15.6. The fourth-order valence-electron chi connectivity index (χ4n) is 2.50. The van der Waals surface area contributed by atoms with Gasteiger partial charge >= 0.3 is 0 Å².